The molecule has 0 aliphatic carbocycles. The van der Waals surface area contributed by atoms with Crippen LogP contribution in [0.4, 0.5) is 0 Å². The van der Waals surface area contributed by atoms with Crippen LogP contribution in [0.2, 0.25) is 0 Å². The number of hydrogen-bond donors (Lipinski definition) is 0. The number of benzene rings is 1. The van der Waals surface area contributed by atoms with Gasteiger partial charge in [0.25, 0.3) is 0 Å². The fourth-order valence-corrected chi connectivity index (χ4v) is 1.81. The van der Waals surface area contributed by atoms with Gasteiger partial charge in [-0.25, -0.2) is 0 Å². The number of esters is 1. The standard InChI is InChI=1S/C13H16N2O5/c1-9(16)19-13(18-4)15-14-12(2,20-13)10-5-7-11(17-3)8-6-10/h5-8H,1-4H3/t12-,13+/m1/s1. The smallest absolute Gasteiger partial charge is 0.464 e. The van der Waals surface area contributed by atoms with Gasteiger partial charge in [-0.3, -0.25) is 14.3 Å². The van der Waals surface area contributed by atoms with Gasteiger partial charge < -0.3 is 9.47 Å². The van der Waals surface area contributed by atoms with Crippen LogP contribution < -0.4 is 4.74 Å². The van der Waals surface area contributed by atoms with E-state index < -0.39 is 17.8 Å². The summed E-state index contributed by atoms with van der Waals surface area (Å²) in [5.74, 6) is 0.134. The first-order valence-electron chi connectivity index (χ1n) is 5.96. The summed E-state index contributed by atoms with van der Waals surface area (Å²) in [4.78, 5) is 11.1. The SMILES string of the molecule is COc1ccc([C@]2(C)N=N[C@](OC)(OC(C)=O)O2)cc1. The topological polar surface area (TPSA) is 78.7 Å². The van der Waals surface area contributed by atoms with Gasteiger partial charge in [0, 0.05) is 19.6 Å². The lowest BCUT2D eigenvalue weighted by Crippen LogP contribution is -2.39. The highest BCUT2D eigenvalue weighted by atomic mass is 16.9. The Morgan fingerprint density at radius 2 is 1.85 bits per heavy atom. The second-order valence-corrected chi connectivity index (χ2v) is 4.34. The predicted molar refractivity (Wildman–Crippen MR) is 67.8 cm³/mol. The first kappa shape index (κ1) is 14.4. The van der Waals surface area contributed by atoms with Crippen molar-refractivity contribution in [3.8, 4) is 5.75 Å². The van der Waals surface area contributed by atoms with E-state index in [1.807, 2.05) is 0 Å². The van der Waals surface area contributed by atoms with Gasteiger partial charge in [0.05, 0.1) is 7.11 Å². The van der Waals surface area contributed by atoms with E-state index >= 15 is 0 Å². The van der Waals surface area contributed by atoms with Crippen LogP contribution in [0.3, 0.4) is 0 Å². The molecule has 7 heteroatoms. The molecule has 1 aliphatic heterocycles. The van der Waals surface area contributed by atoms with Crippen molar-refractivity contribution in [3.63, 3.8) is 0 Å². The van der Waals surface area contributed by atoms with E-state index in [-0.39, 0.29) is 0 Å². The molecule has 1 aromatic rings. The largest absolute Gasteiger partial charge is 0.497 e. The summed E-state index contributed by atoms with van der Waals surface area (Å²) in [5.41, 5.74) is -0.370. The minimum Gasteiger partial charge on any atom is -0.497 e. The number of nitrogens with zero attached hydrogens (tertiary/aromatic N) is 2. The van der Waals surface area contributed by atoms with E-state index in [0.717, 1.165) is 5.56 Å². The summed E-state index contributed by atoms with van der Waals surface area (Å²) < 4.78 is 20.7. The lowest BCUT2D eigenvalue weighted by molar-refractivity contribution is -0.362. The van der Waals surface area contributed by atoms with Crippen molar-refractivity contribution in [3.05, 3.63) is 29.8 Å². The maximum Gasteiger partial charge on any atom is 0.464 e. The third-order valence-corrected chi connectivity index (χ3v) is 2.85. The highest BCUT2D eigenvalue weighted by Crippen LogP contribution is 2.40. The number of ether oxygens (including phenoxy) is 4. The Bertz CT molecular complexity index is 530. The molecule has 1 aliphatic rings. The van der Waals surface area contributed by atoms with Crippen LogP contribution in [0, 0.1) is 0 Å². The number of rotatable bonds is 4. The molecule has 0 fully saturated rings. The molecular formula is C13H16N2O5. The second-order valence-electron chi connectivity index (χ2n) is 4.34. The molecule has 0 saturated carbocycles. The van der Waals surface area contributed by atoms with Crippen LogP contribution in [0.25, 0.3) is 0 Å². The van der Waals surface area contributed by atoms with Crippen molar-refractivity contribution in [1.82, 2.24) is 0 Å². The van der Waals surface area contributed by atoms with E-state index in [2.05, 4.69) is 10.2 Å². The molecule has 1 heterocycles. The number of carbonyl (C=O) groups is 1. The monoisotopic (exact) mass is 280 g/mol. The van der Waals surface area contributed by atoms with Crippen molar-refractivity contribution < 1.29 is 23.7 Å². The molecule has 2 atom stereocenters. The van der Waals surface area contributed by atoms with Gasteiger partial charge >= 0.3 is 12.1 Å². The molecule has 0 amide bonds. The number of carbonyl (C=O) groups excluding carboxylic acids is 1. The zero-order valence-corrected chi connectivity index (χ0v) is 11.7. The fraction of sp³-hybridized carbons (Fsp3) is 0.462. The van der Waals surface area contributed by atoms with Gasteiger partial charge in [-0.1, -0.05) is 17.2 Å². The fourth-order valence-electron chi connectivity index (χ4n) is 1.81. The van der Waals surface area contributed by atoms with Crippen LogP contribution in [0.15, 0.2) is 34.5 Å². The van der Waals surface area contributed by atoms with Gasteiger partial charge in [-0.05, 0) is 19.1 Å². The van der Waals surface area contributed by atoms with E-state index in [4.69, 9.17) is 18.9 Å². The van der Waals surface area contributed by atoms with E-state index in [1.54, 1.807) is 38.3 Å². The van der Waals surface area contributed by atoms with Gasteiger partial charge in [-0.2, -0.15) is 0 Å². The highest BCUT2D eigenvalue weighted by molar-refractivity contribution is 5.66. The molecule has 20 heavy (non-hydrogen) atoms. The number of azo groups is 1. The normalized spacial score (nSPS) is 28.4. The van der Waals surface area contributed by atoms with Crippen molar-refractivity contribution in [2.45, 2.75) is 25.7 Å². The lowest BCUT2D eigenvalue weighted by Gasteiger charge is -2.26. The molecular weight excluding hydrogens is 264 g/mol. The van der Waals surface area contributed by atoms with Gasteiger partial charge in [0.15, 0.2) is 0 Å². The van der Waals surface area contributed by atoms with Crippen LogP contribution >= 0.6 is 0 Å². The van der Waals surface area contributed by atoms with Gasteiger partial charge in [-0.15, -0.1) is 5.11 Å². The Morgan fingerprint density at radius 3 is 2.35 bits per heavy atom. The molecule has 0 aromatic heterocycles. The Morgan fingerprint density at radius 1 is 1.20 bits per heavy atom. The average Bonchev–Trinajstić information content (AvgIpc) is 2.77. The van der Waals surface area contributed by atoms with Crippen LogP contribution in [0.5, 0.6) is 5.75 Å². The van der Waals surface area contributed by atoms with Crippen LogP contribution in [0.1, 0.15) is 19.4 Å². The number of hydrogen-bond acceptors (Lipinski definition) is 7. The Kier molecular flexibility index (Phi) is 3.74. The van der Waals surface area contributed by atoms with Gasteiger partial charge in [0.2, 0.25) is 5.72 Å². The molecule has 7 nitrogen and oxygen atoms in total. The second kappa shape index (κ2) is 5.18. The molecule has 2 rings (SSSR count). The summed E-state index contributed by atoms with van der Waals surface area (Å²) in [6.45, 7) is 2.94. The molecule has 0 N–H and O–H groups in total. The maximum atomic E-state index is 11.1. The van der Waals surface area contributed by atoms with E-state index in [1.165, 1.54) is 14.0 Å². The van der Waals surface area contributed by atoms with Crippen molar-refractivity contribution >= 4 is 5.97 Å². The lowest BCUT2D eigenvalue weighted by atomic mass is 10.1. The minimum atomic E-state index is -1.83. The molecule has 108 valence electrons. The quantitative estimate of drug-likeness (QED) is 0.624. The predicted octanol–water partition coefficient (Wildman–Crippen LogP) is 2.17. The third kappa shape index (κ3) is 2.63. The summed E-state index contributed by atoms with van der Waals surface area (Å²) in [6, 6.07) is 7.13. The summed E-state index contributed by atoms with van der Waals surface area (Å²) in [7, 11) is 2.90. The zero-order chi connectivity index (χ0) is 14.8. The minimum absolute atomic E-state index is 0.579. The molecule has 1 aromatic carbocycles. The van der Waals surface area contributed by atoms with Crippen molar-refractivity contribution in [2.24, 2.45) is 10.2 Å². The maximum absolute atomic E-state index is 11.1. The van der Waals surface area contributed by atoms with E-state index in [9.17, 15) is 4.79 Å². The van der Waals surface area contributed by atoms with Gasteiger partial charge in [0.1, 0.15) is 5.75 Å². The first-order valence-corrected chi connectivity index (χ1v) is 5.96. The molecule has 0 radical (unpaired) electrons. The Balaban J connectivity index is 2.24. The Labute approximate surface area is 116 Å². The summed E-state index contributed by atoms with van der Waals surface area (Å²) >= 11 is 0. The molecule has 0 saturated heterocycles. The third-order valence-electron chi connectivity index (χ3n) is 2.85. The van der Waals surface area contributed by atoms with E-state index in [0.29, 0.717) is 5.75 Å². The van der Waals surface area contributed by atoms with Crippen LogP contribution in [-0.4, -0.2) is 26.3 Å². The van der Waals surface area contributed by atoms with Crippen molar-refractivity contribution in [1.29, 1.82) is 0 Å². The average molecular weight is 280 g/mol. The molecule has 0 spiro atoms. The number of methoxy groups -OCH3 is 2. The summed E-state index contributed by atoms with van der Waals surface area (Å²) in [5, 5.41) is 7.83. The van der Waals surface area contributed by atoms with Crippen LogP contribution in [-0.2, 0) is 24.7 Å². The van der Waals surface area contributed by atoms with Crippen molar-refractivity contribution in [2.75, 3.05) is 14.2 Å². The zero-order valence-electron chi connectivity index (χ0n) is 11.7. The summed E-state index contributed by atoms with van der Waals surface area (Å²) in [6.07, 6.45) is -1.83. The first-order chi connectivity index (χ1) is 9.43. The molecule has 0 unspecified atom stereocenters. The molecule has 0 bridgehead atoms. The Hall–Kier alpha value is -1.99. The highest BCUT2D eigenvalue weighted by Gasteiger charge is 2.50.